The Morgan fingerprint density at radius 2 is 0.733 bits per heavy atom. The molecule has 45 nitrogen and oxygen atoms in total. The Hall–Kier alpha value is -6.52. The zero-order valence-electron chi connectivity index (χ0n) is 45.5. The average Bonchev–Trinajstić information content (AvgIpc) is 1.72. The van der Waals surface area contributed by atoms with Crippen LogP contribution in [0.1, 0.15) is 30.7 Å². The van der Waals surface area contributed by atoms with Crippen molar-refractivity contribution in [2.24, 2.45) is 0 Å². The number of aromatic nitrogens is 16. The Morgan fingerprint density at radius 1 is 0.422 bits per heavy atom. The predicted octanol–water partition coefficient (Wildman–Crippen LogP) is -4.01. The second-order valence-electron chi connectivity index (χ2n) is 20.2. The third-order valence-electron chi connectivity index (χ3n) is 14.6. The van der Waals surface area contributed by atoms with Crippen molar-refractivity contribution in [3.63, 3.8) is 0 Å². The summed E-state index contributed by atoms with van der Waals surface area (Å²) in [7, 11) is -21.8. The number of aryl methyl sites for hydroxylation is 1. The number of hydrogen-bond donors (Lipinski definition) is 14. The Balaban J connectivity index is 0.752. The zero-order chi connectivity index (χ0) is 64.1. The van der Waals surface area contributed by atoms with Gasteiger partial charge in [0.15, 0.2) is 76.3 Å². The highest BCUT2D eigenvalue weighted by atomic mass is 31.2. The van der Waals surface area contributed by atoms with Crippen molar-refractivity contribution in [3.05, 3.63) is 50.1 Å². The minimum Gasteiger partial charge on any atom is -0.387 e. The summed E-state index contributed by atoms with van der Waals surface area (Å²) in [5.74, 6) is -0.137. The molecule has 12 rings (SSSR count). The third kappa shape index (κ3) is 12.3. The van der Waals surface area contributed by atoms with Crippen LogP contribution in [0, 0.1) is 6.92 Å². The molecule has 19 atom stereocenters. The van der Waals surface area contributed by atoms with Gasteiger partial charge in [-0.05, 0) is 6.92 Å². The molecule has 12 heterocycles. The quantitative estimate of drug-likeness (QED) is 0.0288. The number of hydrogen-bond acceptors (Lipinski definition) is 36. The molecular formula is C41H52N20O25P4. The molecule has 4 fully saturated rings. The van der Waals surface area contributed by atoms with E-state index in [1.54, 1.807) is 0 Å². The van der Waals surface area contributed by atoms with Crippen molar-refractivity contribution in [2.75, 3.05) is 49.4 Å². The summed E-state index contributed by atoms with van der Waals surface area (Å²) in [5, 5.41) is 57.1. The van der Waals surface area contributed by atoms with Gasteiger partial charge in [0.2, 0.25) is 0 Å². The molecule has 0 aromatic carbocycles. The Kier molecular flexibility index (Phi) is 17.1. The molecule has 486 valence electrons. The zero-order valence-corrected chi connectivity index (χ0v) is 49.0. The maximum atomic E-state index is 14.1. The summed E-state index contributed by atoms with van der Waals surface area (Å²) < 4.78 is 119. The van der Waals surface area contributed by atoms with Crippen molar-refractivity contribution in [1.82, 2.24) is 78.1 Å². The van der Waals surface area contributed by atoms with Crippen molar-refractivity contribution in [3.8, 4) is 0 Å². The molecule has 4 aliphatic rings. The Labute approximate surface area is 499 Å². The van der Waals surface area contributed by atoms with Gasteiger partial charge in [0.25, 0.3) is 0 Å². The van der Waals surface area contributed by atoms with Crippen LogP contribution in [-0.2, 0) is 68.9 Å². The molecule has 4 aliphatic heterocycles. The van der Waals surface area contributed by atoms with Crippen molar-refractivity contribution < 1.29 is 119 Å². The van der Waals surface area contributed by atoms with Crippen LogP contribution in [0.25, 0.3) is 44.7 Å². The highest BCUT2D eigenvalue weighted by Gasteiger charge is 2.55. The fourth-order valence-corrected chi connectivity index (χ4v) is 13.5. The fourth-order valence-electron chi connectivity index (χ4n) is 10.4. The SMILES string of the molecule is Cc1nc2c(N)ncnc2n1[C@@H]1O[C@H](COP(=O)(O)O[C@@H]2[C@H](O)[C@@H](COP(=O)(O)O[C@@H]3[C@H](O)[C@@H](COP(=O)(O)O[C@@H]4[C@H](O)[C@@H](COP(=O)(O)O)O[C@@H]4n4cnc5c(N)ncnc54)O[C@H]3n3cnc4c(N)ncnc43)O[C@H]2n2cnc3c(N)ncnc32)[C@@H](O)[C@H]1O. The molecule has 49 heteroatoms. The molecule has 0 amide bonds. The van der Waals surface area contributed by atoms with Gasteiger partial charge in [0, 0.05) is 0 Å². The fraction of sp³-hybridized carbons (Fsp3) is 0.512. The number of rotatable bonds is 22. The van der Waals surface area contributed by atoms with Gasteiger partial charge in [-0.15, -0.1) is 0 Å². The number of phosphoric ester groups is 4. The van der Waals surface area contributed by atoms with E-state index in [4.69, 9.17) is 69.0 Å². The molecule has 8 aromatic rings. The lowest BCUT2D eigenvalue weighted by atomic mass is 10.1. The van der Waals surface area contributed by atoms with Gasteiger partial charge >= 0.3 is 31.3 Å². The molecule has 90 heavy (non-hydrogen) atoms. The summed E-state index contributed by atoms with van der Waals surface area (Å²) in [4.78, 5) is 101. The summed E-state index contributed by atoms with van der Waals surface area (Å²) in [6, 6.07) is 0. The summed E-state index contributed by atoms with van der Waals surface area (Å²) in [6.07, 6.45) is -21.6. The van der Waals surface area contributed by atoms with E-state index >= 15 is 0 Å². The number of aliphatic hydroxyl groups excluding tert-OH is 5. The number of nitrogens with two attached hydrogens (primary N) is 4. The van der Waals surface area contributed by atoms with E-state index in [1.807, 2.05) is 0 Å². The lowest BCUT2D eigenvalue weighted by Gasteiger charge is -2.25. The lowest BCUT2D eigenvalue weighted by Crippen LogP contribution is -2.37. The number of aliphatic hydroxyl groups is 5. The molecule has 0 radical (unpaired) electrons. The van der Waals surface area contributed by atoms with Gasteiger partial charge in [-0.25, -0.2) is 78.1 Å². The largest absolute Gasteiger partial charge is 0.472 e. The van der Waals surface area contributed by atoms with Crippen molar-refractivity contribution in [2.45, 2.75) is 105 Å². The van der Waals surface area contributed by atoms with Gasteiger partial charge < -0.3 is 91.9 Å². The first-order valence-electron chi connectivity index (χ1n) is 26.0. The van der Waals surface area contributed by atoms with E-state index < -0.39 is 156 Å². The normalized spacial score (nSPS) is 31.1. The van der Waals surface area contributed by atoms with E-state index in [1.165, 1.54) is 11.5 Å². The molecule has 8 aromatic heterocycles. The van der Waals surface area contributed by atoms with Crippen LogP contribution < -0.4 is 22.9 Å². The van der Waals surface area contributed by atoms with Crippen LogP contribution in [-0.4, -0.2) is 228 Å². The molecule has 4 saturated heterocycles. The summed E-state index contributed by atoms with van der Waals surface area (Å²) in [5.41, 5.74) is 23.9. The van der Waals surface area contributed by atoms with Crippen LogP contribution in [0.5, 0.6) is 0 Å². The third-order valence-corrected chi connectivity index (χ3v) is 18.0. The van der Waals surface area contributed by atoms with Crippen LogP contribution in [0.3, 0.4) is 0 Å². The van der Waals surface area contributed by atoms with Crippen molar-refractivity contribution in [1.29, 1.82) is 0 Å². The topological polar surface area (TPSA) is 651 Å². The predicted molar refractivity (Wildman–Crippen MR) is 289 cm³/mol. The standard InChI is InChI=1S/C41H52N20O25P4/c1-13-57-21-33(45)49-9-53-37(21)61(13)38-26(66)22(62)14(80-38)3-77-88(70,71)85-28-24(64)16(82-40(28)59-11-55-19-31(43)47-7-51-35(19)59)5-79-90(74,75)86-29-25(65)17(83-41(29)60-12-56-20-32(44)48-8-52-36(20)60)4-78-89(72,73)84-27-23(63)15(2-76-87(67,68)69)81-39(27)58-10-54-18-30(42)46-6-50-34(18)58/h6-12,14-17,22-29,38-41,62-66H,2-5H2,1H3,(H,70,71)(H,72,73)(H,74,75)(H2,42,46,50)(H2,43,47,51)(H2,44,48,52)(H2,45,49,53)(H2,67,68,69)/t14-,15-,16-,17-,22-,23-,24-,25-,26-,27-,28-,29-,38-,39+,40-,41-/m1/s1. The van der Waals surface area contributed by atoms with Crippen LogP contribution >= 0.6 is 31.3 Å². The van der Waals surface area contributed by atoms with E-state index in [2.05, 4.69) is 64.3 Å². The molecule has 0 saturated carbocycles. The first-order valence-corrected chi connectivity index (χ1v) is 32.0. The highest BCUT2D eigenvalue weighted by molar-refractivity contribution is 7.48. The van der Waals surface area contributed by atoms with Gasteiger partial charge in [0.1, 0.15) is 121 Å². The second kappa shape index (κ2) is 24.2. The van der Waals surface area contributed by atoms with E-state index in [-0.39, 0.29) is 73.8 Å². The Morgan fingerprint density at radius 3 is 1.09 bits per heavy atom. The van der Waals surface area contributed by atoms with Crippen LogP contribution in [0.4, 0.5) is 23.3 Å². The molecule has 0 aliphatic carbocycles. The number of anilines is 4. The van der Waals surface area contributed by atoms with E-state index in [0.717, 1.165) is 58.0 Å². The van der Waals surface area contributed by atoms with E-state index in [9.17, 15) is 68.3 Å². The maximum Gasteiger partial charge on any atom is 0.472 e. The number of fused-ring (bicyclic) bond motifs is 4. The highest BCUT2D eigenvalue weighted by Crippen LogP contribution is 2.55. The minimum atomic E-state index is -5.63. The lowest BCUT2D eigenvalue weighted by molar-refractivity contribution is -0.0657. The van der Waals surface area contributed by atoms with Gasteiger partial charge in [0.05, 0.1) is 45.4 Å². The van der Waals surface area contributed by atoms with Crippen molar-refractivity contribution >= 4 is 99.2 Å². The summed E-state index contributed by atoms with van der Waals surface area (Å²) >= 11 is 0. The molecule has 3 unspecified atom stereocenters. The smallest absolute Gasteiger partial charge is 0.387 e. The van der Waals surface area contributed by atoms with E-state index in [0.29, 0.717) is 0 Å². The molecule has 18 N–H and O–H groups in total. The monoisotopic (exact) mass is 1350 g/mol. The number of ether oxygens (including phenoxy) is 4. The number of phosphoric acid groups is 4. The average molecular weight is 1350 g/mol. The van der Waals surface area contributed by atoms with Gasteiger partial charge in [-0.1, -0.05) is 0 Å². The van der Waals surface area contributed by atoms with Crippen LogP contribution in [0.15, 0.2) is 44.3 Å². The molecule has 0 spiro atoms. The minimum absolute atomic E-state index is 0.00853. The maximum absolute atomic E-state index is 14.1. The summed E-state index contributed by atoms with van der Waals surface area (Å²) in [6.45, 7) is -2.63. The number of nitrogen functional groups attached to an aromatic ring is 4. The number of nitrogens with zero attached hydrogens (tertiary/aromatic N) is 16. The first-order chi connectivity index (χ1) is 42.6. The van der Waals surface area contributed by atoms with Gasteiger partial charge in [-0.3, -0.25) is 49.9 Å². The van der Waals surface area contributed by atoms with Crippen LogP contribution in [0.2, 0.25) is 0 Å². The second-order valence-corrected chi connectivity index (χ2v) is 25.7. The van der Waals surface area contributed by atoms with Gasteiger partial charge in [-0.2, -0.15) is 0 Å². The molecule has 0 bridgehead atoms. The molecular weight excluding hydrogens is 1300 g/mol. The Bertz CT molecular complexity index is 4200. The number of imidazole rings is 4. The first kappa shape index (κ1) is 63.6.